The minimum absolute atomic E-state index is 0.114. The smallest absolute Gasteiger partial charge is 0.321 e. The number of imidazole rings is 1. The minimum Gasteiger partial charge on any atom is -0.321 e. The number of nitrogens with one attached hydrogen (secondary N) is 1. The summed E-state index contributed by atoms with van der Waals surface area (Å²) in [4.78, 5) is 55.4. The number of imide groups is 1. The highest BCUT2D eigenvalue weighted by molar-refractivity contribution is 6.00. The number of hydrogen-bond acceptors (Lipinski definition) is 7. The fourth-order valence-electron chi connectivity index (χ4n) is 4.28. The lowest BCUT2D eigenvalue weighted by Gasteiger charge is -2.39. The van der Waals surface area contributed by atoms with Gasteiger partial charge in [-0.2, -0.15) is 13.2 Å². The second-order valence-corrected chi connectivity index (χ2v) is 8.13. The van der Waals surface area contributed by atoms with Gasteiger partial charge < -0.3 is 10.2 Å². The molecule has 1 aromatic heterocycles. The Morgan fingerprint density at radius 3 is 2.55 bits per heavy atom. The van der Waals surface area contributed by atoms with Gasteiger partial charge in [0.2, 0.25) is 0 Å². The Kier molecular flexibility index (Phi) is 5.78. The van der Waals surface area contributed by atoms with Crippen molar-refractivity contribution in [2.45, 2.75) is 37.6 Å². The van der Waals surface area contributed by atoms with Gasteiger partial charge in [-0.05, 0) is 25.1 Å². The first-order chi connectivity index (χ1) is 15.5. The van der Waals surface area contributed by atoms with E-state index >= 15 is 0 Å². The van der Waals surface area contributed by atoms with Gasteiger partial charge in [0.1, 0.15) is 6.04 Å². The molecule has 2 amide bonds. The fraction of sp³-hybridized carbons (Fsp3) is 0.500. The predicted molar refractivity (Wildman–Crippen MR) is 108 cm³/mol. The number of carbonyl (C=O) groups is 3. The molecular formula is C20H22F3N5O5. The van der Waals surface area contributed by atoms with Crippen LogP contribution in [-0.2, 0) is 32.8 Å². The average molecular weight is 469 g/mol. The van der Waals surface area contributed by atoms with Gasteiger partial charge in [0.15, 0.2) is 0 Å². The summed E-state index contributed by atoms with van der Waals surface area (Å²) in [6, 6.07) is 4.31. The molecule has 2 fully saturated rings. The molecular weight excluding hydrogens is 447 g/mol. The van der Waals surface area contributed by atoms with E-state index in [0.29, 0.717) is 23.6 Å². The number of halogens is 3. The number of aromatic nitrogens is 2. The van der Waals surface area contributed by atoms with E-state index in [1.807, 2.05) is 13.1 Å². The second kappa shape index (κ2) is 8.30. The molecule has 13 heteroatoms. The van der Waals surface area contributed by atoms with Gasteiger partial charge in [-0.1, -0.05) is 12.1 Å². The Bertz CT molecular complexity index is 1180. The van der Waals surface area contributed by atoms with Crippen LogP contribution in [0.25, 0.3) is 11.0 Å². The van der Waals surface area contributed by atoms with Crippen molar-refractivity contribution in [3.63, 3.8) is 0 Å². The lowest BCUT2D eigenvalue weighted by molar-refractivity contribution is -0.238. The number of alkyl halides is 3. The molecule has 178 valence electrons. The molecule has 2 aliphatic heterocycles. The monoisotopic (exact) mass is 469 g/mol. The molecule has 0 spiro atoms. The summed E-state index contributed by atoms with van der Waals surface area (Å²) in [7, 11) is 3.42. The van der Waals surface area contributed by atoms with Crippen LogP contribution < -0.4 is 11.0 Å². The molecule has 2 aliphatic rings. The highest BCUT2D eigenvalue weighted by Gasteiger charge is 2.47. The number of rotatable bonds is 5. The maximum atomic E-state index is 13.1. The van der Waals surface area contributed by atoms with Crippen molar-refractivity contribution >= 4 is 28.8 Å². The topological polar surface area (TPSA) is 106 Å². The van der Waals surface area contributed by atoms with E-state index in [1.165, 1.54) is 11.6 Å². The SMILES string of the molecule is CNC1CN(Cc2cccc3c2n(C)c(=O)n3C2CCC(=O)N(OC(=O)C(F)(F)F)C2=O)C1. The predicted octanol–water partition coefficient (Wildman–Crippen LogP) is 0.454. The Morgan fingerprint density at radius 1 is 1.21 bits per heavy atom. The van der Waals surface area contributed by atoms with Gasteiger partial charge in [0, 0.05) is 39.1 Å². The third-order valence-electron chi connectivity index (χ3n) is 6.01. The minimum atomic E-state index is -5.39. The molecule has 0 radical (unpaired) electrons. The van der Waals surface area contributed by atoms with Crippen LogP contribution in [0.3, 0.4) is 0 Å². The third kappa shape index (κ3) is 4.02. The summed E-state index contributed by atoms with van der Waals surface area (Å²) in [5.74, 6) is -4.98. The van der Waals surface area contributed by atoms with Crippen LogP contribution in [-0.4, -0.2) is 69.2 Å². The van der Waals surface area contributed by atoms with E-state index in [0.717, 1.165) is 23.2 Å². The van der Waals surface area contributed by atoms with Crippen molar-refractivity contribution in [2.24, 2.45) is 7.05 Å². The van der Waals surface area contributed by atoms with Gasteiger partial charge in [-0.3, -0.25) is 23.6 Å². The van der Waals surface area contributed by atoms with E-state index in [2.05, 4.69) is 15.1 Å². The van der Waals surface area contributed by atoms with Crippen molar-refractivity contribution < 1.29 is 32.4 Å². The summed E-state index contributed by atoms with van der Waals surface area (Å²) in [5, 5.41) is 3.00. The first kappa shape index (κ1) is 23.0. The summed E-state index contributed by atoms with van der Waals surface area (Å²) < 4.78 is 40.3. The molecule has 0 saturated carbocycles. The Labute approximate surface area is 185 Å². The first-order valence-electron chi connectivity index (χ1n) is 10.3. The first-order valence-corrected chi connectivity index (χ1v) is 10.3. The van der Waals surface area contributed by atoms with Crippen molar-refractivity contribution in [3.05, 3.63) is 34.2 Å². The zero-order valence-corrected chi connectivity index (χ0v) is 17.9. The molecule has 4 rings (SSSR count). The molecule has 1 aromatic carbocycles. The normalized spacial score (nSPS) is 20.4. The van der Waals surface area contributed by atoms with E-state index in [-0.39, 0.29) is 17.9 Å². The van der Waals surface area contributed by atoms with Gasteiger partial charge in [-0.15, -0.1) is 5.06 Å². The third-order valence-corrected chi connectivity index (χ3v) is 6.01. The number of hydroxylamine groups is 2. The van der Waals surface area contributed by atoms with Crippen LogP contribution in [0.4, 0.5) is 13.2 Å². The van der Waals surface area contributed by atoms with E-state index in [1.54, 1.807) is 12.1 Å². The van der Waals surface area contributed by atoms with Crippen molar-refractivity contribution in [3.8, 4) is 0 Å². The van der Waals surface area contributed by atoms with Crippen molar-refractivity contribution in [2.75, 3.05) is 20.1 Å². The average Bonchev–Trinajstić information content (AvgIpc) is 2.98. The van der Waals surface area contributed by atoms with Crippen molar-refractivity contribution in [1.29, 1.82) is 0 Å². The zero-order chi connectivity index (χ0) is 24.1. The molecule has 2 aromatic rings. The van der Waals surface area contributed by atoms with Crippen LogP contribution in [0.5, 0.6) is 0 Å². The lowest BCUT2D eigenvalue weighted by atomic mass is 10.0. The summed E-state index contributed by atoms with van der Waals surface area (Å²) in [6.07, 6.45) is -5.87. The maximum absolute atomic E-state index is 13.1. The van der Waals surface area contributed by atoms with Crippen LogP contribution in [0.1, 0.15) is 24.4 Å². The van der Waals surface area contributed by atoms with Crippen molar-refractivity contribution in [1.82, 2.24) is 24.4 Å². The van der Waals surface area contributed by atoms with Gasteiger partial charge in [0.25, 0.3) is 11.8 Å². The Balaban J connectivity index is 1.68. The number of para-hydroxylation sites is 1. The van der Waals surface area contributed by atoms with Crippen LogP contribution >= 0.6 is 0 Å². The zero-order valence-electron chi connectivity index (χ0n) is 17.9. The number of nitrogens with zero attached hydrogens (tertiary/aromatic N) is 4. The molecule has 1 N–H and O–H groups in total. The maximum Gasteiger partial charge on any atom is 0.493 e. The number of aryl methyl sites for hydroxylation is 1. The number of fused-ring (bicyclic) bond motifs is 1. The van der Waals surface area contributed by atoms with Crippen LogP contribution in [0, 0.1) is 0 Å². The van der Waals surface area contributed by atoms with E-state index < -0.39 is 35.7 Å². The van der Waals surface area contributed by atoms with Gasteiger partial charge >= 0.3 is 17.8 Å². The standard InChI is InChI=1S/C20H22F3N5O5/c1-24-12-9-26(10-12)8-11-4-3-5-13-16(11)25(2)19(32)27(13)14-6-7-15(29)28(17(14)30)33-18(31)20(21,22)23/h3-5,12,14,24H,6-10H2,1-2H3. The summed E-state index contributed by atoms with van der Waals surface area (Å²) >= 11 is 0. The number of carbonyl (C=O) groups excluding carboxylic acids is 3. The molecule has 0 bridgehead atoms. The second-order valence-electron chi connectivity index (χ2n) is 8.13. The highest BCUT2D eigenvalue weighted by atomic mass is 19.4. The number of piperidine rings is 1. The van der Waals surface area contributed by atoms with Crippen LogP contribution in [0.15, 0.2) is 23.0 Å². The highest BCUT2D eigenvalue weighted by Crippen LogP contribution is 2.30. The fourth-order valence-corrected chi connectivity index (χ4v) is 4.28. The Hall–Kier alpha value is -3.19. The van der Waals surface area contributed by atoms with Gasteiger partial charge in [0.05, 0.1) is 11.0 Å². The van der Waals surface area contributed by atoms with E-state index in [4.69, 9.17) is 0 Å². The number of likely N-dealkylation sites (tertiary alicyclic amines) is 1. The Morgan fingerprint density at radius 2 is 1.91 bits per heavy atom. The molecule has 1 atom stereocenters. The number of likely N-dealkylation sites (N-methyl/N-ethyl adjacent to an activating group) is 1. The molecule has 33 heavy (non-hydrogen) atoms. The largest absolute Gasteiger partial charge is 0.493 e. The quantitative estimate of drug-likeness (QED) is 0.634. The van der Waals surface area contributed by atoms with Crippen LogP contribution in [0.2, 0.25) is 0 Å². The molecule has 1 unspecified atom stereocenters. The molecule has 2 saturated heterocycles. The summed E-state index contributed by atoms with van der Waals surface area (Å²) in [6.45, 7) is 2.24. The molecule has 3 heterocycles. The number of hydrogen-bond donors (Lipinski definition) is 1. The van der Waals surface area contributed by atoms with E-state index in [9.17, 15) is 32.3 Å². The number of benzene rings is 1. The van der Waals surface area contributed by atoms with Gasteiger partial charge in [-0.25, -0.2) is 9.59 Å². The molecule has 10 nitrogen and oxygen atoms in total. The lowest BCUT2D eigenvalue weighted by Crippen LogP contribution is -2.56. The molecule has 0 aliphatic carbocycles. The number of amides is 2. The summed E-state index contributed by atoms with van der Waals surface area (Å²) in [5.41, 5.74) is 1.27.